The lowest BCUT2D eigenvalue weighted by Crippen LogP contribution is -2.38. The Balaban J connectivity index is 1.54. The first-order valence-electron chi connectivity index (χ1n) is 9.61. The normalized spacial score (nSPS) is 11.4. The van der Waals surface area contributed by atoms with E-state index in [1.165, 1.54) is 0 Å². The number of nitrogens with zero attached hydrogens (tertiary/aromatic N) is 3. The van der Waals surface area contributed by atoms with Crippen LogP contribution in [0.15, 0.2) is 83.0 Å². The number of rotatable bonds is 8. The van der Waals surface area contributed by atoms with Crippen LogP contribution < -0.4 is 16.2 Å². The maximum Gasteiger partial charge on any atom is 0.250 e. The van der Waals surface area contributed by atoms with Crippen molar-refractivity contribution in [2.24, 2.45) is 4.99 Å². The molecule has 0 unspecified atom stereocenters. The van der Waals surface area contributed by atoms with Gasteiger partial charge in [-0.25, -0.2) is 4.99 Å². The predicted molar refractivity (Wildman–Crippen MR) is 113 cm³/mol. The summed E-state index contributed by atoms with van der Waals surface area (Å²) in [5, 5.41) is 6.63. The summed E-state index contributed by atoms with van der Waals surface area (Å²) in [7, 11) is 0. The molecular weight excluding hydrogens is 350 g/mol. The third-order valence-corrected chi connectivity index (χ3v) is 4.37. The summed E-state index contributed by atoms with van der Waals surface area (Å²) in [4.78, 5) is 16.5. The molecule has 0 aliphatic carbocycles. The third-order valence-electron chi connectivity index (χ3n) is 4.37. The zero-order chi connectivity index (χ0) is 19.6. The number of nitrogens with one attached hydrogen (secondary N) is 2. The minimum atomic E-state index is 0.0115. The second kappa shape index (κ2) is 10.2. The van der Waals surface area contributed by atoms with E-state index in [-0.39, 0.29) is 5.56 Å². The van der Waals surface area contributed by atoms with Gasteiger partial charge in [-0.1, -0.05) is 30.3 Å². The zero-order valence-electron chi connectivity index (χ0n) is 16.2. The SMILES string of the molecule is CCNC(=NCc1ccc(Cn2ccccc2=O)cc1)NCCn1cccc1. The molecule has 0 amide bonds. The molecule has 2 aromatic heterocycles. The molecule has 146 valence electrons. The minimum Gasteiger partial charge on any atom is -0.357 e. The Hall–Kier alpha value is -3.28. The molecule has 2 heterocycles. The summed E-state index contributed by atoms with van der Waals surface area (Å²) < 4.78 is 3.83. The van der Waals surface area contributed by atoms with Gasteiger partial charge in [0.25, 0.3) is 5.56 Å². The van der Waals surface area contributed by atoms with Crippen molar-refractivity contribution in [3.8, 4) is 0 Å². The number of hydrogen-bond acceptors (Lipinski definition) is 2. The second-order valence-electron chi connectivity index (χ2n) is 6.53. The monoisotopic (exact) mass is 377 g/mol. The summed E-state index contributed by atoms with van der Waals surface area (Å²) in [6.07, 6.45) is 5.91. The van der Waals surface area contributed by atoms with Crippen molar-refractivity contribution in [1.29, 1.82) is 0 Å². The van der Waals surface area contributed by atoms with Gasteiger partial charge < -0.3 is 19.8 Å². The topological polar surface area (TPSA) is 63.4 Å². The van der Waals surface area contributed by atoms with Crippen molar-refractivity contribution in [1.82, 2.24) is 19.8 Å². The Morgan fingerprint density at radius 2 is 1.64 bits per heavy atom. The molecule has 0 radical (unpaired) electrons. The summed E-state index contributed by atoms with van der Waals surface area (Å²) in [6.45, 7) is 5.76. The van der Waals surface area contributed by atoms with Gasteiger partial charge in [-0.3, -0.25) is 4.79 Å². The number of pyridine rings is 1. The Morgan fingerprint density at radius 3 is 2.36 bits per heavy atom. The highest BCUT2D eigenvalue weighted by Gasteiger charge is 2.00. The Bertz CT molecular complexity index is 926. The molecule has 0 saturated heterocycles. The largest absolute Gasteiger partial charge is 0.357 e. The molecule has 0 aliphatic rings. The fraction of sp³-hybridized carbons (Fsp3) is 0.273. The molecule has 0 bridgehead atoms. The summed E-state index contributed by atoms with van der Waals surface area (Å²) >= 11 is 0. The van der Waals surface area contributed by atoms with Crippen molar-refractivity contribution in [2.45, 2.75) is 26.6 Å². The van der Waals surface area contributed by atoms with Gasteiger partial charge in [-0.2, -0.15) is 0 Å². The predicted octanol–water partition coefficient (Wildman–Crippen LogP) is 2.45. The van der Waals surface area contributed by atoms with Crippen LogP contribution in [0.5, 0.6) is 0 Å². The van der Waals surface area contributed by atoms with E-state index in [0.717, 1.165) is 36.7 Å². The van der Waals surface area contributed by atoms with Crippen LogP contribution in [0.2, 0.25) is 0 Å². The Morgan fingerprint density at radius 1 is 0.929 bits per heavy atom. The summed E-state index contributed by atoms with van der Waals surface area (Å²) in [5.41, 5.74) is 2.24. The molecule has 0 fully saturated rings. The van der Waals surface area contributed by atoms with Gasteiger partial charge in [0.15, 0.2) is 5.96 Å². The Labute approximate surface area is 165 Å². The molecule has 0 aliphatic heterocycles. The van der Waals surface area contributed by atoms with Gasteiger partial charge >= 0.3 is 0 Å². The van der Waals surface area contributed by atoms with Crippen LogP contribution in [-0.4, -0.2) is 28.2 Å². The molecule has 1 aromatic carbocycles. The molecule has 28 heavy (non-hydrogen) atoms. The highest BCUT2D eigenvalue weighted by Crippen LogP contribution is 2.07. The number of aliphatic imine (C=N–C) groups is 1. The fourth-order valence-electron chi connectivity index (χ4n) is 2.87. The first kappa shape index (κ1) is 19.5. The quantitative estimate of drug-likeness (QED) is 0.468. The van der Waals surface area contributed by atoms with E-state index in [1.54, 1.807) is 16.7 Å². The van der Waals surface area contributed by atoms with E-state index in [1.807, 2.05) is 24.4 Å². The average molecular weight is 377 g/mol. The highest BCUT2D eigenvalue weighted by atomic mass is 16.1. The Kier molecular flexibility index (Phi) is 7.07. The van der Waals surface area contributed by atoms with Gasteiger partial charge in [0, 0.05) is 44.3 Å². The average Bonchev–Trinajstić information content (AvgIpc) is 3.22. The van der Waals surface area contributed by atoms with Crippen LogP contribution >= 0.6 is 0 Å². The summed E-state index contributed by atoms with van der Waals surface area (Å²) in [6, 6.07) is 17.5. The molecule has 3 aromatic rings. The van der Waals surface area contributed by atoms with E-state index in [0.29, 0.717) is 13.1 Å². The van der Waals surface area contributed by atoms with Crippen LogP contribution in [0.25, 0.3) is 0 Å². The molecule has 2 N–H and O–H groups in total. The van der Waals surface area contributed by atoms with E-state index in [4.69, 9.17) is 0 Å². The molecule has 6 heteroatoms. The van der Waals surface area contributed by atoms with Crippen molar-refractivity contribution in [3.05, 3.63) is 94.7 Å². The van der Waals surface area contributed by atoms with Crippen molar-refractivity contribution in [3.63, 3.8) is 0 Å². The molecule has 0 saturated carbocycles. The molecule has 0 spiro atoms. The minimum absolute atomic E-state index is 0.0115. The van der Waals surface area contributed by atoms with Gasteiger partial charge in [0.2, 0.25) is 0 Å². The highest BCUT2D eigenvalue weighted by molar-refractivity contribution is 5.79. The smallest absolute Gasteiger partial charge is 0.250 e. The number of aromatic nitrogens is 2. The maximum absolute atomic E-state index is 11.8. The van der Waals surface area contributed by atoms with E-state index < -0.39 is 0 Å². The number of benzene rings is 1. The van der Waals surface area contributed by atoms with E-state index in [9.17, 15) is 4.79 Å². The van der Waals surface area contributed by atoms with Crippen LogP contribution in [0.4, 0.5) is 0 Å². The molecular formula is C22H27N5O. The van der Waals surface area contributed by atoms with Gasteiger partial charge in [0.05, 0.1) is 13.1 Å². The van der Waals surface area contributed by atoms with Crippen LogP contribution in [0, 0.1) is 0 Å². The van der Waals surface area contributed by atoms with Gasteiger partial charge in [-0.15, -0.1) is 0 Å². The molecule has 3 rings (SSSR count). The van der Waals surface area contributed by atoms with Gasteiger partial charge in [-0.05, 0) is 36.2 Å². The summed E-state index contributed by atoms with van der Waals surface area (Å²) in [5.74, 6) is 0.814. The lowest BCUT2D eigenvalue weighted by Gasteiger charge is -2.12. The number of hydrogen-bond donors (Lipinski definition) is 2. The third kappa shape index (κ3) is 5.87. The lowest BCUT2D eigenvalue weighted by atomic mass is 10.1. The standard InChI is InChI=1S/C22H27N5O/c1-2-23-22(24-12-16-26-13-5-6-14-26)25-17-19-8-10-20(11-9-19)18-27-15-4-3-7-21(27)28/h3-11,13-15H,2,12,16-18H2,1H3,(H2,23,24,25). The molecule has 0 atom stereocenters. The lowest BCUT2D eigenvalue weighted by molar-refractivity contribution is 0.666. The number of guanidine groups is 1. The maximum atomic E-state index is 11.8. The zero-order valence-corrected chi connectivity index (χ0v) is 16.2. The van der Waals surface area contributed by atoms with Crippen LogP contribution in [0.1, 0.15) is 18.1 Å². The van der Waals surface area contributed by atoms with Crippen LogP contribution in [0.3, 0.4) is 0 Å². The van der Waals surface area contributed by atoms with Gasteiger partial charge in [0.1, 0.15) is 0 Å². The van der Waals surface area contributed by atoms with E-state index in [2.05, 4.69) is 63.8 Å². The first-order valence-corrected chi connectivity index (χ1v) is 9.61. The van der Waals surface area contributed by atoms with Crippen molar-refractivity contribution >= 4 is 5.96 Å². The van der Waals surface area contributed by atoms with Crippen LogP contribution in [-0.2, 0) is 19.6 Å². The molecule has 6 nitrogen and oxygen atoms in total. The van der Waals surface area contributed by atoms with E-state index >= 15 is 0 Å². The second-order valence-corrected chi connectivity index (χ2v) is 6.53. The van der Waals surface area contributed by atoms with Crippen molar-refractivity contribution < 1.29 is 0 Å². The first-order chi connectivity index (χ1) is 13.7. The van der Waals surface area contributed by atoms with Crippen molar-refractivity contribution in [2.75, 3.05) is 13.1 Å². The fourth-order valence-corrected chi connectivity index (χ4v) is 2.87.